The fourth-order valence-electron chi connectivity index (χ4n) is 3.20. The van der Waals surface area contributed by atoms with Crippen LogP contribution in [0.2, 0.25) is 0 Å². The number of hydrogen-bond donors (Lipinski definition) is 2. The quantitative estimate of drug-likeness (QED) is 0.613. The van der Waals surface area contributed by atoms with E-state index >= 15 is 0 Å². The maximum absolute atomic E-state index is 12.8. The number of nitrogen functional groups attached to an aromatic ring is 1. The minimum absolute atomic E-state index is 0.147. The molecule has 3 N–H and O–H groups in total. The lowest BCUT2D eigenvalue weighted by atomic mass is 10.3. The van der Waals surface area contributed by atoms with Gasteiger partial charge in [-0.15, -0.1) is 0 Å². The van der Waals surface area contributed by atoms with Gasteiger partial charge in [0.05, 0.1) is 12.0 Å². The number of aliphatic hydroxyl groups excluding tert-OH is 1. The molecule has 1 fully saturated rings. The van der Waals surface area contributed by atoms with E-state index < -0.39 is 16.1 Å². The number of aliphatic hydroxyl groups is 1. The molecular formula is C20H27N3O5S. The Kier molecular flexibility index (Phi) is 6.96. The van der Waals surface area contributed by atoms with Gasteiger partial charge in [0.15, 0.2) is 0 Å². The van der Waals surface area contributed by atoms with Crippen LogP contribution in [0.1, 0.15) is 0 Å². The number of β-amino-alcohol motifs (C(OH)–C–C–N with tert-alkyl or cyclic N) is 1. The number of rotatable bonds is 8. The molecule has 3 rings (SSSR count). The number of benzene rings is 2. The molecule has 0 radical (unpaired) electrons. The van der Waals surface area contributed by atoms with Crippen molar-refractivity contribution in [3.05, 3.63) is 48.5 Å². The van der Waals surface area contributed by atoms with E-state index in [0.29, 0.717) is 49.9 Å². The molecule has 0 spiro atoms. The first-order valence-electron chi connectivity index (χ1n) is 9.41. The third-order valence-electron chi connectivity index (χ3n) is 4.80. The molecule has 2 aromatic carbocycles. The lowest BCUT2D eigenvalue weighted by Crippen LogP contribution is -2.50. The third-order valence-corrected chi connectivity index (χ3v) is 6.71. The SMILES string of the molecule is COc1ccc(S(=O)(=O)N2CCN(C[C@H](O)COc3cccc(N)c3)CC2)cc1. The first-order valence-corrected chi connectivity index (χ1v) is 10.9. The van der Waals surface area contributed by atoms with Crippen LogP contribution in [-0.4, -0.2) is 75.3 Å². The summed E-state index contributed by atoms with van der Waals surface area (Å²) in [5.41, 5.74) is 6.31. The summed E-state index contributed by atoms with van der Waals surface area (Å²) < 4.78 is 37.7. The summed E-state index contributed by atoms with van der Waals surface area (Å²) in [7, 11) is -2.00. The summed E-state index contributed by atoms with van der Waals surface area (Å²) in [4.78, 5) is 2.29. The second-order valence-electron chi connectivity index (χ2n) is 6.92. The number of methoxy groups -OCH3 is 1. The number of anilines is 1. The van der Waals surface area contributed by atoms with Crippen LogP contribution >= 0.6 is 0 Å². The Balaban J connectivity index is 1.48. The Bertz CT molecular complexity index is 897. The molecule has 0 aliphatic carbocycles. The normalized spacial score (nSPS) is 17.0. The van der Waals surface area contributed by atoms with Crippen molar-refractivity contribution in [2.75, 3.05) is 52.2 Å². The largest absolute Gasteiger partial charge is 0.497 e. The first kappa shape index (κ1) is 21.4. The molecule has 1 heterocycles. The molecule has 1 aliphatic heterocycles. The van der Waals surface area contributed by atoms with E-state index in [4.69, 9.17) is 15.2 Å². The van der Waals surface area contributed by atoms with Gasteiger partial charge >= 0.3 is 0 Å². The monoisotopic (exact) mass is 421 g/mol. The summed E-state index contributed by atoms with van der Waals surface area (Å²) >= 11 is 0. The molecule has 29 heavy (non-hydrogen) atoms. The van der Waals surface area contributed by atoms with Crippen molar-refractivity contribution < 1.29 is 23.0 Å². The molecule has 1 aliphatic rings. The summed E-state index contributed by atoms with van der Waals surface area (Å²) in [6, 6.07) is 13.4. The zero-order valence-electron chi connectivity index (χ0n) is 16.4. The fourth-order valence-corrected chi connectivity index (χ4v) is 4.62. The van der Waals surface area contributed by atoms with Crippen molar-refractivity contribution >= 4 is 15.7 Å². The average molecular weight is 422 g/mol. The predicted octanol–water partition coefficient (Wildman–Crippen LogP) is 1.02. The van der Waals surface area contributed by atoms with E-state index in [2.05, 4.69) is 0 Å². The highest BCUT2D eigenvalue weighted by atomic mass is 32.2. The third kappa shape index (κ3) is 5.60. The first-order chi connectivity index (χ1) is 13.9. The van der Waals surface area contributed by atoms with Gasteiger partial charge in [-0.25, -0.2) is 8.42 Å². The van der Waals surface area contributed by atoms with Crippen molar-refractivity contribution in [3.63, 3.8) is 0 Å². The van der Waals surface area contributed by atoms with Gasteiger partial charge in [0.1, 0.15) is 24.2 Å². The topological polar surface area (TPSA) is 105 Å². The fraction of sp³-hybridized carbons (Fsp3) is 0.400. The lowest BCUT2D eigenvalue weighted by molar-refractivity contribution is 0.0569. The van der Waals surface area contributed by atoms with Gasteiger partial charge in [0.25, 0.3) is 0 Å². The average Bonchev–Trinajstić information content (AvgIpc) is 2.73. The molecule has 1 atom stereocenters. The maximum Gasteiger partial charge on any atom is 0.243 e. The van der Waals surface area contributed by atoms with Crippen molar-refractivity contribution in [2.45, 2.75) is 11.0 Å². The molecular weight excluding hydrogens is 394 g/mol. The van der Waals surface area contributed by atoms with Gasteiger partial charge in [-0.1, -0.05) is 6.07 Å². The number of hydrogen-bond acceptors (Lipinski definition) is 7. The summed E-state index contributed by atoms with van der Waals surface area (Å²) in [5, 5.41) is 10.2. The minimum Gasteiger partial charge on any atom is -0.497 e. The molecule has 158 valence electrons. The van der Waals surface area contributed by atoms with Crippen LogP contribution < -0.4 is 15.2 Å². The van der Waals surface area contributed by atoms with Crippen LogP contribution in [0.4, 0.5) is 5.69 Å². The van der Waals surface area contributed by atoms with Gasteiger partial charge in [-0.05, 0) is 36.4 Å². The van der Waals surface area contributed by atoms with Crippen molar-refractivity contribution in [1.29, 1.82) is 0 Å². The van der Waals surface area contributed by atoms with E-state index in [1.807, 2.05) is 4.90 Å². The molecule has 1 saturated heterocycles. The van der Waals surface area contributed by atoms with Crippen molar-refractivity contribution in [1.82, 2.24) is 9.21 Å². The van der Waals surface area contributed by atoms with E-state index in [9.17, 15) is 13.5 Å². The van der Waals surface area contributed by atoms with E-state index in [1.165, 1.54) is 11.4 Å². The molecule has 9 heteroatoms. The second kappa shape index (κ2) is 9.45. The molecule has 0 bridgehead atoms. The van der Waals surface area contributed by atoms with Crippen LogP contribution in [0, 0.1) is 0 Å². The van der Waals surface area contributed by atoms with Gasteiger partial charge in [0.2, 0.25) is 10.0 Å². The zero-order valence-corrected chi connectivity index (χ0v) is 17.2. The van der Waals surface area contributed by atoms with Gasteiger partial charge in [-0.3, -0.25) is 4.90 Å². The molecule has 0 saturated carbocycles. The highest BCUT2D eigenvalue weighted by Gasteiger charge is 2.29. The molecule has 0 amide bonds. The lowest BCUT2D eigenvalue weighted by Gasteiger charge is -2.34. The van der Waals surface area contributed by atoms with Gasteiger partial charge in [0, 0.05) is 44.5 Å². The Morgan fingerprint density at radius 2 is 1.76 bits per heavy atom. The van der Waals surface area contributed by atoms with Crippen LogP contribution in [0.5, 0.6) is 11.5 Å². The standard InChI is InChI=1S/C20H27N3O5S/c1-27-18-5-7-20(8-6-18)29(25,26)23-11-9-22(10-12-23)14-17(24)15-28-19-4-2-3-16(21)13-19/h2-8,13,17,24H,9-12,14-15,21H2,1H3/t17-/m0/s1. The number of ether oxygens (including phenoxy) is 2. The smallest absolute Gasteiger partial charge is 0.243 e. The molecule has 0 unspecified atom stereocenters. The summed E-state index contributed by atoms with van der Waals surface area (Å²) in [6.07, 6.45) is -0.679. The Labute approximate surface area is 171 Å². The summed E-state index contributed by atoms with van der Waals surface area (Å²) in [6.45, 7) is 2.40. The highest BCUT2D eigenvalue weighted by Crippen LogP contribution is 2.21. The Hall–Kier alpha value is -2.33. The number of piperazine rings is 1. The number of nitrogens with two attached hydrogens (primary N) is 1. The highest BCUT2D eigenvalue weighted by molar-refractivity contribution is 7.89. The van der Waals surface area contributed by atoms with Crippen LogP contribution in [0.3, 0.4) is 0 Å². The molecule has 2 aromatic rings. The predicted molar refractivity (Wildman–Crippen MR) is 111 cm³/mol. The van der Waals surface area contributed by atoms with E-state index in [0.717, 1.165) is 0 Å². The Morgan fingerprint density at radius 3 is 2.38 bits per heavy atom. The van der Waals surface area contributed by atoms with Crippen LogP contribution in [0.15, 0.2) is 53.4 Å². The number of nitrogens with zero attached hydrogens (tertiary/aromatic N) is 2. The van der Waals surface area contributed by atoms with Crippen molar-refractivity contribution in [2.24, 2.45) is 0 Å². The van der Waals surface area contributed by atoms with E-state index in [-0.39, 0.29) is 11.5 Å². The zero-order chi connectivity index (χ0) is 20.9. The minimum atomic E-state index is -3.54. The van der Waals surface area contributed by atoms with Gasteiger partial charge in [-0.2, -0.15) is 4.31 Å². The van der Waals surface area contributed by atoms with Gasteiger partial charge < -0.3 is 20.3 Å². The molecule has 8 nitrogen and oxygen atoms in total. The Morgan fingerprint density at radius 1 is 1.07 bits per heavy atom. The van der Waals surface area contributed by atoms with Crippen LogP contribution in [-0.2, 0) is 10.0 Å². The van der Waals surface area contributed by atoms with Crippen LogP contribution in [0.25, 0.3) is 0 Å². The second-order valence-corrected chi connectivity index (χ2v) is 8.86. The van der Waals surface area contributed by atoms with E-state index in [1.54, 1.807) is 48.5 Å². The van der Waals surface area contributed by atoms with Crippen molar-refractivity contribution in [3.8, 4) is 11.5 Å². The number of sulfonamides is 1. The summed E-state index contributed by atoms with van der Waals surface area (Å²) in [5.74, 6) is 1.22. The molecule has 0 aromatic heterocycles. The maximum atomic E-state index is 12.8.